The third kappa shape index (κ3) is 5.20. The van der Waals surface area contributed by atoms with E-state index in [0.29, 0.717) is 32.0 Å². The highest BCUT2D eigenvalue weighted by Crippen LogP contribution is 2.32. The number of nitrogens with zero attached hydrogens (tertiary/aromatic N) is 2. The Bertz CT molecular complexity index is 1070. The van der Waals surface area contributed by atoms with Gasteiger partial charge < -0.3 is 19.7 Å². The first-order valence-corrected chi connectivity index (χ1v) is 12.0. The van der Waals surface area contributed by atoms with Crippen LogP contribution in [0.2, 0.25) is 0 Å². The molecule has 1 amide bonds. The molecule has 2 aliphatic heterocycles. The summed E-state index contributed by atoms with van der Waals surface area (Å²) in [5.74, 6) is -0.681. The van der Waals surface area contributed by atoms with Gasteiger partial charge in [-0.25, -0.2) is 12.8 Å². The average molecular weight is 464 g/mol. The molecular formula is C22H26FN3O5S. The molecule has 8 nitrogen and oxygen atoms in total. The van der Waals surface area contributed by atoms with Crippen molar-refractivity contribution < 1.29 is 27.1 Å². The topological polar surface area (TPSA) is 88.2 Å². The molecule has 2 fully saturated rings. The highest BCUT2D eigenvalue weighted by molar-refractivity contribution is 7.89. The molecule has 2 aromatic rings. The van der Waals surface area contributed by atoms with Gasteiger partial charge >= 0.3 is 0 Å². The van der Waals surface area contributed by atoms with Crippen molar-refractivity contribution in [2.45, 2.75) is 17.7 Å². The molecule has 0 aliphatic carbocycles. The van der Waals surface area contributed by atoms with Crippen LogP contribution in [0.3, 0.4) is 0 Å². The van der Waals surface area contributed by atoms with Gasteiger partial charge in [-0.05, 0) is 43.2 Å². The van der Waals surface area contributed by atoms with E-state index >= 15 is 0 Å². The van der Waals surface area contributed by atoms with Gasteiger partial charge in [0.15, 0.2) is 6.61 Å². The van der Waals surface area contributed by atoms with Crippen molar-refractivity contribution in [3.63, 3.8) is 0 Å². The summed E-state index contributed by atoms with van der Waals surface area (Å²) in [4.78, 5) is 14.8. The maximum atomic E-state index is 13.3. The van der Waals surface area contributed by atoms with Crippen LogP contribution in [0, 0.1) is 5.82 Å². The zero-order valence-corrected chi connectivity index (χ0v) is 18.4. The number of morpholine rings is 1. The van der Waals surface area contributed by atoms with Gasteiger partial charge in [-0.3, -0.25) is 4.79 Å². The number of hydrogen-bond donors (Lipinski definition) is 1. The predicted octanol–water partition coefficient (Wildman–Crippen LogP) is 2.46. The van der Waals surface area contributed by atoms with Crippen LogP contribution in [0.4, 0.5) is 15.8 Å². The maximum absolute atomic E-state index is 13.3. The largest absolute Gasteiger partial charge is 0.484 e. The standard InChI is InChI=1S/C22H26FN3O5S/c23-17-4-3-5-18(14-17)31-16-22(27)24-20-15-19(6-7-21(20)25-8-1-2-9-25)32(28,29)26-10-12-30-13-11-26/h3-7,14-15H,1-2,8-13,16H2,(H,24,27). The van der Waals surface area contributed by atoms with Crippen LogP contribution in [0.25, 0.3) is 0 Å². The summed E-state index contributed by atoms with van der Waals surface area (Å²) in [6.07, 6.45) is 2.06. The zero-order chi connectivity index (χ0) is 22.6. The van der Waals surface area contributed by atoms with Crippen molar-refractivity contribution in [2.75, 3.05) is 56.2 Å². The van der Waals surface area contributed by atoms with Crippen molar-refractivity contribution in [1.29, 1.82) is 0 Å². The normalized spacial score (nSPS) is 17.3. The zero-order valence-electron chi connectivity index (χ0n) is 17.6. The number of halogens is 1. The van der Waals surface area contributed by atoms with Crippen molar-refractivity contribution in [2.24, 2.45) is 0 Å². The molecule has 0 saturated carbocycles. The molecule has 10 heteroatoms. The minimum Gasteiger partial charge on any atom is -0.484 e. The van der Waals surface area contributed by atoms with Crippen LogP contribution in [0.1, 0.15) is 12.8 Å². The summed E-state index contributed by atoms with van der Waals surface area (Å²) in [6.45, 7) is 2.62. The molecule has 0 radical (unpaired) electrons. The number of benzene rings is 2. The summed E-state index contributed by atoms with van der Waals surface area (Å²) in [7, 11) is -3.71. The first-order chi connectivity index (χ1) is 15.4. The fraction of sp³-hybridized carbons (Fsp3) is 0.409. The van der Waals surface area contributed by atoms with Gasteiger partial charge in [0.2, 0.25) is 10.0 Å². The lowest BCUT2D eigenvalue weighted by atomic mass is 10.2. The van der Waals surface area contributed by atoms with E-state index < -0.39 is 21.7 Å². The van der Waals surface area contributed by atoms with Crippen LogP contribution < -0.4 is 15.0 Å². The van der Waals surface area contributed by atoms with E-state index in [2.05, 4.69) is 10.2 Å². The van der Waals surface area contributed by atoms with Crippen molar-refractivity contribution in [1.82, 2.24) is 4.31 Å². The summed E-state index contributed by atoms with van der Waals surface area (Å²) < 4.78 is 51.5. The van der Waals surface area contributed by atoms with Gasteiger partial charge in [-0.15, -0.1) is 0 Å². The number of carbonyl (C=O) groups excluding carboxylic acids is 1. The summed E-state index contributed by atoms with van der Waals surface area (Å²) in [5, 5.41) is 2.78. The molecule has 0 spiro atoms. The first-order valence-electron chi connectivity index (χ1n) is 10.6. The molecule has 0 unspecified atom stereocenters. The van der Waals surface area contributed by atoms with Gasteiger partial charge in [-0.1, -0.05) is 6.07 Å². The number of anilines is 2. The average Bonchev–Trinajstić information content (AvgIpc) is 3.33. The lowest BCUT2D eigenvalue weighted by molar-refractivity contribution is -0.118. The summed E-state index contributed by atoms with van der Waals surface area (Å²) in [6, 6.07) is 10.3. The van der Waals surface area contributed by atoms with E-state index in [1.807, 2.05) is 0 Å². The minimum atomic E-state index is -3.71. The highest BCUT2D eigenvalue weighted by Gasteiger charge is 2.28. The van der Waals surface area contributed by atoms with Crippen LogP contribution in [0.5, 0.6) is 5.75 Å². The second-order valence-electron chi connectivity index (χ2n) is 7.68. The van der Waals surface area contributed by atoms with Gasteiger partial charge in [0, 0.05) is 32.2 Å². The lowest BCUT2D eigenvalue weighted by Crippen LogP contribution is -2.40. The van der Waals surface area contributed by atoms with E-state index in [9.17, 15) is 17.6 Å². The minimum absolute atomic E-state index is 0.115. The van der Waals surface area contributed by atoms with Crippen molar-refractivity contribution in [3.8, 4) is 5.75 Å². The Hall–Kier alpha value is -2.69. The quantitative estimate of drug-likeness (QED) is 0.679. The van der Waals surface area contributed by atoms with Crippen molar-refractivity contribution >= 4 is 27.3 Å². The Kier molecular flexibility index (Phi) is 6.92. The Morgan fingerprint density at radius 1 is 1.06 bits per heavy atom. The number of rotatable bonds is 7. The molecule has 0 aromatic heterocycles. The fourth-order valence-corrected chi connectivity index (χ4v) is 5.27. The number of nitrogens with one attached hydrogen (secondary N) is 1. The van der Waals surface area contributed by atoms with Gasteiger partial charge in [0.05, 0.1) is 29.5 Å². The van der Waals surface area contributed by atoms with Crippen molar-refractivity contribution in [3.05, 3.63) is 48.3 Å². The fourth-order valence-electron chi connectivity index (χ4n) is 3.84. The highest BCUT2D eigenvalue weighted by atomic mass is 32.2. The van der Waals surface area contributed by atoms with E-state index in [4.69, 9.17) is 9.47 Å². The van der Waals surface area contributed by atoms with Gasteiger partial charge in [0.1, 0.15) is 11.6 Å². The summed E-state index contributed by atoms with van der Waals surface area (Å²) in [5.41, 5.74) is 1.18. The molecule has 2 aromatic carbocycles. The van der Waals surface area contributed by atoms with E-state index in [1.54, 1.807) is 18.2 Å². The Labute approximate surface area is 187 Å². The number of sulfonamides is 1. The number of ether oxygens (including phenoxy) is 2. The second-order valence-corrected chi connectivity index (χ2v) is 9.62. The molecule has 0 atom stereocenters. The molecular weight excluding hydrogens is 437 g/mol. The molecule has 2 aliphatic rings. The molecule has 2 heterocycles. The third-order valence-corrected chi connectivity index (χ3v) is 7.36. The molecule has 2 saturated heterocycles. The third-order valence-electron chi connectivity index (χ3n) is 5.46. The van der Waals surface area contributed by atoms with Crippen LogP contribution >= 0.6 is 0 Å². The molecule has 4 rings (SSSR count). The second kappa shape index (κ2) is 9.85. The smallest absolute Gasteiger partial charge is 0.262 e. The molecule has 172 valence electrons. The number of carbonyl (C=O) groups is 1. The summed E-state index contributed by atoms with van der Waals surface area (Å²) >= 11 is 0. The van der Waals surface area contributed by atoms with Gasteiger partial charge in [0.25, 0.3) is 5.91 Å². The molecule has 0 bridgehead atoms. The number of amides is 1. The predicted molar refractivity (Wildman–Crippen MR) is 118 cm³/mol. The number of hydrogen-bond acceptors (Lipinski definition) is 6. The molecule has 32 heavy (non-hydrogen) atoms. The lowest BCUT2D eigenvalue weighted by Gasteiger charge is -2.27. The maximum Gasteiger partial charge on any atom is 0.262 e. The van der Waals surface area contributed by atoms with Crippen LogP contribution in [-0.4, -0.2) is 64.6 Å². The Balaban J connectivity index is 1.55. The van der Waals surface area contributed by atoms with E-state index in [1.165, 1.54) is 28.6 Å². The van der Waals surface area contributed by atoms with Crippen LogP contribution in [-0.2, 0) is 19.6 Å². The Morgan fingerprint density at radius 3 is 2.53 bits per heavy atom. The molecule has 1 N–H and O–H groups in total. The van der Waals surface area contributed by atoms with E-state index in [0.717, 1.165) is 31.6 Å². The van der Waals surface area contributed by atoms with Crippen LogP contribution in [0.15, 0.2) is 47.4 Å². The van der Waals surface area contributed by atoms with Gasteiger partial charge in [-0.2, -0.15) is 4.31 Å². The monoisotopic (exact) mass is 463 g/mol. The Morgan fingerprint density at radius 2 is 1.81 bits per heavy atom. The first kappa shape index (κ1) is 22.5. The SMILES string of the molecule is O=C(COc1cccc(F)c1)Nc1cc(S(=O)(=O)N2CCOCC2)ccc1N1CCCC1. The van der Waals surface area contributed by atoms with E-state index in [-0.39, 0.29) is 17.3 Å².